The Bertz CT molecular complexity index is 612. The molecular formula is C15H16N2O3. The van der Waals surface area contributed by atoms with Crippen LogP contribution in [0.25, 0.3) is 11.3 Å². The summed E-state index contributed by atoms with van der Waals surface area (Å²) < 4.78 is 10.4. The molecular weight excluding hydrogens is 256 g/mol. The van der Waals surface area contributed by atoms with Gasteiger partial charge in [-0.2, -0.15) is 10.2 Å². The Kier molecular flexibility index (Phi) is 4.30. The normalized spacial score (nSPS) is 10.2. The van der Waals surface area contributed by atoms with Gasteiger partial charge >= 0.3 is 5.97 Å². The Hall–Kier alpha value is -2.43. The molecule has 0 atom stereocenters. The van der Waals surface area contributed by atoms with Crippen molar-refractivity contribution in [2.24, 2.45) is 0 Å². The monoisotopic (exact) mass is 272 g/mol. The number of rotatable bonds is 4. The average Bonchev–Trinajstić information content (AvgIpc) is 2.47. The smallest absolute Gasteiger partial charge is 0.338 e. The summed E-state index contributed by atoms with van der Waals surface area (Å²) in [6.45, 7) is 3.96. The fraction of sp³-hybridized carbons (Fsp3) is 0.267. The SMILES string of the molecule is CCOC(=O)c1ccc(OC)c(-c2cccnn2)c1C. The number of carbonyl (C=O) groups excluding carboxylic acids is 1. The first kappa shape index (κ1) is 14.0. The van der Waals surface area contributed by atoms with Crippen LogP contribution in [0.15, 0.2) is 30.5 Å². The first-order chi connectivity index (χ1) is 9.69. The first-order valence-corrected chi connectivity index (χ1v) is 6.31. The highest BCUT2D eigenvalue weighted by Crippen LogP contribution is 2.33. The van der Waals surface area contributed by atoms with Gasteiger partial charge in [0.25, 0.3) is 0 Å². The fourth-order valence-corrected chi connectivity index (χ4v) is 2.04. The van der Waals surface area contributed by atoms with Gasteiger partial charge in [0.2, 0.25) is 0 Å². The van der Waals surface area contributed by atoms with Gasteiger partial charge in [-0.3, -0.25) is 0 Å². The van der Waals surface area contributed by atoms with Crippen LogP contribution in [-0.4, -0.2) is 29.9 Å². The maximum atomic E-state index is 11.9. The van der Waals surface area contributed by atoms with Crippen molar-refractivity contribution < 1.29 is 14.3 Å². The number of esters is 1. The van der Waals surface area contributed by atoms with Gasteiger partial charge in [0.15, 0.2) is 0 Å². The third-order valence-corrected chi connectivity index (χ3v) is 2.97. The van der Waals surface area contributed by atoms with Crippen molar-refractivity contribution in [3.63, 3.8) is 0 Å². The van der Waals surface area contributed by atoms with Crippen molar-refractivity contribution >= 4 is 5.97 Å². The summed E-state index contributed by atoms with van der Waals surface area (Å²) in [4.78, 5) is 11.9. The zero-order valence-corrected chi connectivity index (χ0v) is 11.7. The van der Waals surface area contributed by atoms with Crippen LogP contribution in [0.1, 0.15) is 22.8 Å². The van der Waals surface area contributed by atoms with Crippen molar-refractivity contribution in [2.45, 2.75) is 13.8 Å². The molecule has 20 heavy (non-hydrogen) atoms. The molecule has 0 radical (unpaired) electrons. The highest BCUT2D eigenvalue weighted by atomic mass is 16.5. The zero-order valence-electron chi connectivity index (χ0n) is 11.7. The van der Waals surface area contributed by atoms with E-state index in [1.165, 1.54) is 0 Å². The van der Waals surface area contributed by atoms with Gasteiger partial charge in [0.1, 0.15) is 5.75 Å². The summed E-state index contributed by atoms with van der Waals surface area (Å²) in [7, 11) is 1.58. The maximum absolute atomic E-state index is 11.9. The summed E-state index contributed by atoms with van der Waals surface area (Å²) in [5.74, 6) is 0.300. The first-order valence-electron chi connectivity index (χ1n) is 6.31. The number of ether oxygens (including phenoxy) is 2. The number of hydrogen-bond donors (Lipinski definition) is 0. The van der Waals surface area contributed by atoms with Crippen molar-refractivity contribution in [3.8, 4) is 17.0 Å². The predicted octanol–water partition coefficient (Wildman–Crippen LogP) is 2.64. The van der Waals surface area contributed by atoms with E-state index in [1.54, 1.807) is 38.4 Å². The second-order valence-corrected chi connectivity index (χ2v) is 4.14. The lowest BCUT2D eigenvalue weighted by atomic mass is 9.98. The van der Waals surface area contributed by atoms with Crippen LogP contribution in [0.3, 0.4) is 0 Å². The lowest BCUT2D eigenvalue weighted by molar-refractivity contribution is 0.0525. The molecule has 0 bridgehead atoms. The number of benzene rings is 1. The summed E-state index contributed by atoms with van der Waals surface area (Å²) in [6.07, 6.45) is 1.60. The van der Waals surface area contributed by atoms with E-state index in [9.17, 15) is 4.79 Å². The van der Waals surface area contributed by atoms with E-state index in [4.69, 9.17) is 9.47 Å². The van der Waals surface area contributed by atoms with Crippen LogP contribution >= 0.6 is 0 Å². The van der Waals surface area contributed by atoms with Crippen LogP contribution in [0.5, 0.6) is 5.75 Å². The maximum Gasteiger partial charge on any atom is 0.338 e. The van der Waals surface area contributed by atoms with Crippen LogP contribution in [0.4, 0.5) is 0 Å². The van der Waals surface area contributed by atoms with E-state index in [0.717, 1.165) is 11.1 Å². The quantitative estimate of drug-likeness (QED) is 0.801. The van der Waals surface area contributed by atoms with Crippen molar-refractivity contribution in [3.05, 3.63) is 41.6 Å². The lowest BCUT2D eigenvalue weighted by Gasteiger charge is -2.14. The van der Waals surface area contributed by atoms with Crippen LogP contribution in [-0.2, 0) is 4.74 Å². The predicted molar refractivity (Wildman–Crippen MR) is 74.7 cm³/mol. The molecule has 0 N–H and O–H groups in total. The van der Waals surface area contributed by atoms with Gasteiger partial charge in [-0.1, -0.05) is 0 Å². The summed E-state index contributed by atoms with van der Waals surface area (Å²) in [5, 5.41) is 7.95. The minimum absolute atomic E-state index is 0.338. The number of methoxy groups -OCH3 is 1. The summed E-state index contributed by atoms with van der Waals surface area (Å²) >= 11 is 0. The molecule has 0 saturated carbocycles. The highest BCUT2D eigenvalue weighted by Gasteiger charge is 2.18. The molecule has 0 unspecified atom stereocenters. The molecule has 0 fully saturated rings. The van der Waals surface area contributed by atoms with Crippen LogP contribution in [0, 0.1) is 6.92 Å². The number of aromatic nitrogens is 2. The highest BCUT2D eigenvalue weighted by molar-refractivity contribution is 5.94. The fourth-order valence-electron chi connectivity index (χ4n) is 2.04. The minimum Gasteiger partial charge on any atom is -0.496 e. The average molecular weight is 272 g/mol. The van der Waals surface area contributed by atoms with Crippen LogP contribution < -0.4 is 4.74 Å². The molecule has 1 aromatic carbocycles. The van der Waals surface area contributed by atoms with Gasteiger partial charge in [0.05, 0.1) is 25.0 Å². The Balaban J connectivity index is 2.59. The molecule has 5 heteroatoms. The molecule has 104 valence electrons. The largest absolute Gasteiger partial charge is 0.496 e. The Morgan fingerprint density at radius 3 is 2.70 bits per heavy atom. The number of nitrogens with zero attached hydrogens (tertiary/aromatic N) is 2. The van der Waals surface area contributed by atoms with Gasteiger partial charge in [-0.25, -0.2) is 4.79 Å². The molecule has 0 aliphatic carbocycles. The zero-order chi connectivity index (χ0) is 14.5. The number of carbonyl (C=O) groups is 1. The molecule has 0 saturated heterocycles. The third-order valence-electron chi connectivity index (χ3n) is 2.97. The molecule has 1 aromatic heterocycles. The summed E-state index contributed by atoms with van der Waals surface area (Å²) in [5.41, 5.74) is 2.69. The van der Waals surface area contributed by atoms with E-state index in [1.807, 2.05) is 13.0 Å². The standard InChI is InChI=1S/C15H16N2O3/c1-4-20-15(18)11-7-8-13(19-3)14(10(11)2)12-6-5-9-16-17-12/h5-9H,4H2,1-3H3. The topological polar surface area (TPSA) is 61.3 Å². The summed E-state index contributed by atoms with van der Waals surface area (Å²) in [6, 6.07) is 7.06. The Morgan fingerprint density at radius 2 is 2.10 bits per heavy atom. The van der Waals surface area contributed by atoms with Gasteiger partial charge in [-0.05, 0) is 43.7 Å². The van der Waals surface area contributed by atoms with Crippen molar-refractivity contribution in [1.29, 1.82) is 0 Å². The van der Waals surface area contributed by atoms with E-state index >= 15 is 0 Å². The number of hydrogen-bond acceptors (Lipinski definition) is 5. The molecule has 0 amide bonds. The van der Waals surface area contributed by atoms with Gasteiger partial charge < -0.3 is 9.47 Å². The lowest BCUT2D eigenvalue weighted by Crippen LogP contribution is -2.08. The molecule has 5 nitrogen and oxygen atoms in total. The minimum atomic E-state index is -0.349. The third kappa shape index (κ3) is 2.61. The van der Waals surface area contributed by atoms with Crippen molar-refractivity contribution in [2.75, 3.05) is 13.7 Å². The second-order valence-electron chi connectivity index (χ2n) is 4.14. The second kappa shape index (κ2) is 6.14. The van der Waals surface area contributed by atoms with E-state index in [0.29, 0.717) is 23.6 Å². The molecule has 0 aliphatic heterocycles. The molecule has 0 spiro atoms. The van der Waals surface area contributed by atoms with E-state index < -0.39 is 0 Å². The van der Waals surface area contributed by atoms with E-state index in [2.05, 4.69) is 10.2 Å². The van der Waals surface area contributed by atoms with Gasteiger partial charge in [-0.15, -0.1) is 0 Å². The van der Waals surface area contributed by atoms with Crippen molar-refractivity contribution in [1.82, 2.24) is 10.2 Å². The van der Waals surface area contributed by atoms with Crippen LogP contribution in [0.2, 0.25) is 0 Å². The molecule has 2 rings (SSSR count). The van der Waals surface area contributed by atoms with E-state index in [-0.39, 0.29) is 5.97 Å². The molecule has 1 heterocycles. The Labute approximate surface area is 117 Å². The van der Waals surface area contributed by atoms with Gasteiger partial charge in [0, 0.05) is 11.8 Å². The molecule has 2 aromatic rings. The Morgan fingerprint density at radius 1 is 1.30 bits per heavy atom. The molecule has 0 aliphatic rings.